The van der Waals surface area contributed by atoms with Gasteiger partial charge in [0.25, 0.3) is 0 Å². The number of ether oxygens (including phenoxy) is 2. The Morgan fingerprint density at radius 1 is 1.03 bits per heavy atom. The number of amides is 1. The summed E-state index contributed by atoms with van der Waals surface area (Å²) in [5.74, 6) is -0.331. The van der Waals surface area contributed by atoms with Crippen molar-refractivity contribution in [1.29, 1.82) is 0 Å². The molecule has 0 aliphatic heterocycles. The van der Waals surface area contributed by atoms with Crippen LogP contribution in [0.15, 0.2) is 46.3 Å². The maximum absolute atomic E-state index is 12.7. The first-order valence-corrected chi connectivity index (χ1v) is 12.8. The lowest BCUT2D eigenvalue weighted by molar-refractivity contribution is -0.145. The van der Waals surface area contributed by atoms with Gasteiger partial charge in [0, 0.05) is 15.9 Å². The van der Waals surface area contributed by atoms with Crippen LogP contribution in [0.2, 0.25) is 0 Å². The highest BCUT2D eigenvalue weighted by Crippen LogP contribution is 2.17. The molecule has 1 aromatic heterocycles. The summed E-state index contributed by atoms with van der Waals surface area (Å²) in [6.07, 6.45) is 4.45. The van der Waals surface area contributed by atoms with E-state index in [1.165, 1.54) is 0 Å². The molecule has 0 spiro atoms. The molecule has 32 heavy (non-hydrogen) atoms. The topological polar surface area (TPSA) is 81.9 Å². The van der Waals surface area contributed by atoms with Gasteiger partial charge in [0.2, 0.25) is 0 Å². The number of thiophene rings is 1. The SMILES string of the molecule is CCCCOC(=O)C(N)CCCCCOC(=O)N(Cc1ccc(Br)cc1)Cc1cccs1. The minimum absolute atomic E-state index is 0.322. The molecule has 1 unspecified atom stereocenters. The summed E-state index contributed by atoms with van der Waals surface area (Å²) in [5, 5.41) is 2.00. The monoisotopic (exact) mass is 524 g/mol. The lowest BCUT2D eigenvalue weighted by Crippen LogP contribution is -2.32. The standard InChI is InChI=1S/C24H33BrN2O4S/c1-2-3-14-30-23(28)22(26)9-5-4-6-15-31-24(29)27(18-21-8-7-16-32-21)17-19-10-12-20(25)13-11-19/h7-8,10-13,16,22H,2-6,9,14-15,17-18,26H2,1H3. The predicted molar refractivity (Wildman–Crippen MR) is 131 cm³/mol. The van der Waals surface area contributed by atoms with Crippen molar-refractivity contribution in [3.05, 3.63) is 56.7 Å². The van der Waals surface area contributed by atoms with Crippen LogP contribution in [0, 0.1) is 0 Å². The quantitative estimate of drug-likeness (QED) is 0.246. The Morgan fingerprint density at radius 3 is 2.47 bits per heavy atom. The van der Waals surface area contributed by atoms with Gasteiger partial charge in [-0.25, -0.2) is 4.79 Å². The van der Waals surface area contributed by atoms with Crippen LogP contribution in [0.25, 0.3) is 0 Å². The van der Waals surface area contributed by atoms with Crippen molar-refractivity contribution in [2.75, 3.05) is 13.2 Å². The molecule has 1 aromatic carbocycles. The maximum Gasteiger partial charge on any atom is 0.410 e. The number of esters is 1. The zero-order valence-corrected chi connectivity index (χ0v) is 21.0. The minimum atomic E-state index is -0.582. The van der Waals surface area contributed by atoms with E-state index < -0.39 is 6.04 Å². The molecule has 0 saturated carbocycles. The zero-order chi connectivity index (χ0) is 23.2. The average Bonchev–Trinajstić information content (AvgIpc) is 3.30. The Bertz CT molecular complexity index is 799. The van der Waals surface area contributed by atoms with Gasteiger partial charge in [-0.3, -0.25) is 9.69 Å². The molecular weight excluding hydrogens is 492 g/mol. The molecule has 6 nitrogen and oxygen atoms in total. The van der Waals surface area contributed by atoms with Crippen molar-refractivity contribution < 1.29 is 19.1 Å². The Morgan fingerprint density at radius 2 is 1.78 bits per heavy atom. The highest BCUT2D eigenvalue weighted by Gasteiger charge is 2.17. The van der Waals surface area contributed by atoms with Gasteiger partial charge in [-0.05, 0) is 54.8 Å². The van der Waals surface area contributed by atoms with Crippen molar-refractivity contribution in [2.45, 2.75) is 64.6 Å². The van der Waals surface area contributed by atoms with Crippen molar-refractivity contribution in [1.82, 2.24) is 4.90 Å². The molecule has 8 heteroatoms. The lowest BCUT2D eigenvalue weighted by atomic mass is 10.1. The van der Waals surface area contributed by atoms with Gasteiger partial charge >= 0.3 is 12.1 Å². The summed E-state index contributed by atoms with van der Waals surface area (Å²) in [6.45, 7) is 3.82. The van der Waals surface area contributed by atoms with Gasteiger partial charge in [-0.1, -0.05) is 53.9 Å². The van der Waals surface area contributed by atoms with Crippen molar-refractivity contribution >= 4 is 39.3 Å². The molecule has 0 saturated heterocycles. The number of halogens is 1. The molecule has 1 atom stereocenters. The third kappa shape index (κ3) is 10.1. The molecule has 2 rings (SSSR count). The number of nitrogens with two attached hydrogens (primary N) is 1. The highest BCUT2D eigenvalue weighted by atomic mass is 79.9. The maximum atomic E-state index is 12.7. The molecule has 0 aliphatic carbocycles. The van der Waals surface area contributed by atoms with Crippen molar-refractivity contribution in [3.8, 4) is 0 Å². The van der Waals surface area contributed by atoms with E-state index in [0.29, 0.717) is 32.7 Å². The summed E-state index contributed by atoms with van der Waals surface area (Å²) in [5.41, 5.74) is 6.92. The van der Waals surface area contributed by atoms with Gasteiger partial charge in [0.15, 0.2) is 0 Å². The van der Waals surface area contributed by atoms with Gasteiger partial charge < -0.3 is 15.2 Å². The molecule has 1 heterocycles. The largest absolute Gasteiger partial charge is 0.465 e. The predicted octanol–water partition coefficient (Wildman–Crippen LogP) is 5.88. The second-order valence-electron chi connectivity index (χ2n) is 7.65. The van der Waals surface area contributed by atoms with E-state index in [9.17, 15) is 9.59 Å². The van der Waals surface area contributed by atoms with Crippen molar-refractivity contribution in [3.63, 3.8) is 0 Å². The smallest absolute Gasteiger partial charge is 0.410 e. The number of carbonyl (C=O) groups is 2. The van der Waals surface area contributed by atoms with Gasteiger partial charge in [-0.2, -0.15) is 0 Å². The zero-order valence-electron chi connectivity index (χ0n) is 18.6. The van der Waals surface area contributed by atoms with Crippen LogP contribution < -0.4 is 5.73 Å². The Hall–Kier alpha value is -1.90. The summed E-state index contributed by atoms with van der Waals surface area (Å²) in [7, 11) is 0. The first kappa shape index (κ1) is 26.4. The van der Waals surface area contributed by atoms with E-state index in [-0.39, 0.29) is 12.1 Å². The van der Waals surface area contributed by atoms with Crippen LogP contribution in [0.3, 0.4) is 0 Å². The van der Waals surface area contributed by atoms with E-state index in [2.05, 4.69) is 15.9 Å². The fourth-order valence-electron chi connectivity index (χ4n) is 3.02. The summed E-state index contributed by atoms with van der Waals surface area (Å²) in [4.78, 5) is 27.3. The average molecular weight is 526 g/mol. The molecule has 0 bridgehead atoms. The molecule has 2 N–H and O–H groups in total. The minimum Gasteiger partial charge on any atom is -0.465 e. The van der Waals surface area contributed by atoms with Crippen LogP contribution in [-0.4, -0.2) is 36.2 Å². The van der Waals surface area contributed by atoms with Crippen LogP contribution >= 0.6 is 27.3 Å². The molecule has 0 aliphatic rings. The number of hydrogen-bond donors (Lipinski definition) is 1. The van der Waals surface area contributed by atoms with Gasteiger partial charge in [0.1, 0.15) is 6.04 Å². The third-order valence-electron chi connectivity index (χ3n) is 4.90. The van der Waals surface area contributed by atoms with E-state index >= 15 is 0 Å². The fourth-order valence-corrected chi connectivity index (χ4v) is 4.01. The summed E-state index contributed by atoms with van der Waals surface area (Å²) in [6, 6.07) is 11.3. The third-order valence-corrected chi connectivity index (χ3v) is 6.29. The second-order valence-corrected chi connectivity index (χ2v) is 9.60. The Kier molecular flexibility index (Phi) is 12.4. The van der Waals surface area contributed by atoms with Crippen LogP contribution in [0.4, 0.5) is 4.79 Å². The first-order chi connectivity index (χ1) is 15.5. The molecule has 0 radical (unpaired) electrons. The molecular formula is C24H33BrN2O4S. The number of carbonyl (C=O) groups excluding carboxylic acids is 2. The van der Waals surface area contributed by atoms with Gasteiger partial charge in [0.05, 0.1) is 19.8 Å². The number of benzene rings is 1. The highest BCUT2D eigenvalue weighted by molar-refractivity contribution is 9.10. The summed E-state index contributed by atoms with van der Waals surface area (Å²) < 4.78 is 11.7. The normalized spacial score (nSPS) is 11.7. The van der Waals surface area contributed by atoms with Gasteiger partial charge in [-0.15, -0.1) is 11.3 Å². The molecule has 0 fully saturated rings. The molecule has 2 aromatic rings. The number of rotatable bonds is 14. The van der Waals surface area contributed by atoms with Crippen LogP contribution in [-0.2, 0) is 27.4 Å². The van der Waals surface area contributed by atoms with Crippen molar-refractivity contribution in [2.24, 2.45) is 5.73 Å². The number of hydrogen-bond acceptors (Lipinski definition) is 6. The number of unbranched alkanes of at least 4 members (excludes halogenated alkanes) is 3. The Labute approximate surface area is 203 Å². The van der Waals surface area contributed by atoms with E-state index in [4.69, 9.17) is 15.2 Å². The van der Waals surface area contributed by atoms with E-state index in [1.54, 1.807) is 16.2 Å². The van der Waals surface area contributed by atoms with E-state index in [0.717, 1.165) is 47.0 Å². The summed E-state index contributed by atoms with van der Waals surface area (Å²) >= 11 is 5.06. The first-order valence-electron chi connectivity index (χ1n) is 11.1. The van der Waals surface area contributed by atoms with Crippen LogP contribution in [0.5, 0.6) is 0 Å². The number of nitrogens with zero attached hydrogens (tertiary/aromatic N) is 1. The Balaban J connectivity index is 1.71. The second kappa shape index (κ2) is 15.0. The van der Waals surface area contributed by atoms with Crippen LogP contribution in [0.1, 0.15) is 55.9 Å². The fraction of sp³-hybridized carbons (Fsp3) is 0.500. The molecule has 176 valence electrons. The lowest BCUT2D eigenvalue weighted by Gasteiger charge is -2.22. The molecule has 1 amide bonds. The van der Waals surface area contributed by atoms with E-state index in [1.807, 2.05) is 48.7 Å².